The van der Waals surface area contributed by atoms with Gasteiger partial charge in [0.15, 0.2) is 0 Å². The van der Waals surface area contributed by atoms with Crippen molar-refractivity contribution in [3.8, 4) is 0 Å². The summed E-state index contributed by atoms with van der Waals surface area (Å²) in [4.78, 5) is 2.79. The number of nitrogens with zero attached hydrogens (tertiary/aromatic N) is 1. The molecule has 0 spiro atoms. The highest BCUT2D eigenvalue weighted by Gasteiger charge is 2.26. The van der Waals surface area contributed by atoms with Crippen molar-refractivity contribution < 1.29 is 0 Å². The Morgan fingerprint density at radius 3 is 2.71 bits per heavy atom. The maximum absolute atomic E-state index is 3.57. The van der Waals surface area contributed by atoms with Gasteiger partial charge in [0, 0.05) is 30.7 Å². The minimum absolute atomic E-state index is 0.706. The zero-order valence-corrected chi connectivity index (χ0v) is 13.6. The Kier molecular flexibility index (Phi) is 4.84. The number of anilines is 1. The maximum atomic E-state index is 3.57. The van der Waals surface area contributed by atoms with E-state index in [2.05, 4.69) is 48.3 Å². The zero-order valence-electron chi connectivity index (χ0n) is 13.6. The lowest BCUT2D eigenvalue weighted by molar-refractivity contribution is 0.172. The Hall–Kier alpha value is -1.02. The SMILES string of the molecule is CC(C)CN(CCC1CNc2ccccc21)C1CCCC1. The average Bonchev–Trinajstić information content (AvgIpc) is 3.13. The normalized spacial score (nSPS) is 22.0. The quantitative estimate of drug-likeness (QED) is 0.829. The minimum Gasteiger partial charge on any atom is -0.384 e. The van der Waals surface area contributed by atoms with E-state index in [1.807, 2.05) is 0 Å². The van der Waals surface area contributed by atoms with E-state index in [0.29, 0.717) is 5.92 Å². The largest absolute Gasteiger partial charge is 0.384 e. The average molecular weight is 286 g/mol. The summed E-state index contributed by atoms with van der Waals surface area (Å²) in [7, 11) is 0. The molecule has 1 aromatic carbocycles. The number of fused-ring (bicyclic) bond motifs is 1. The second kappa shape index (κ2) is 6.83. The molecule has 1 atom stereocenters. The van der Waals surface area contributed by atoms with Crippen LogP contribution < -0.4 is 5.32 Å². The Morgan fingerprint density at radius 2 is 1.95 bits per heavy atom. The molecule has 116 valence electrons. The molecule has 1 fully saturated rings. The van der Waals surface area contributed by atoms with E-state index in [-0.39, 0.29) is 0 Å². The number of benzene rings is 1. The summed E-state index contributed by atoms with van der Waals surface area (Å²) in [6, 6.07) is 9.71. The van der Waals surface area contributed by atoms with Gasteiger partial charge in [0.1, 0.15) is 0 Å². The molecule has 0 radical (unpaired) electrons. The smallest absolute Gasteiger partial charge is 0.0376 e. The van der Waals surface area contributed by atoms with Crippen LogP contribution in [0.5, 0.6) is 0 Å². The zero-order chi connectivity index (χ0) is 14.7. The number of para-hydroxylation sites is 1. The van der Waals surface area contributed by atoms with E-state index < -0.39 is 0 Å². The highest BCUT2D eigenvalue weighted by atomic mass is 15.2. The molecule has 1 saturated carbocycles. The second-order valence-electron chi connectivity index (χ2n) is 7.28. The van der Waals surface area contributed by atoms with Gasteiger partial charge in [-0.3, -0.25) is 0 Å². The lowest BCUT2D eigenvalue weighted by Gasteiger charge is -2.31. The van der Waals surface area contributed by atoms with Gasteiger partial charge >= 0.3 is 0 Å². The first kappa shape index (κ1) is 14.9. The highest BCUT2D eigenvalue weighted by Crippen LogP contribution is 2.34. The van der Waals surface area contributed by atoms with Gasteiger partial charge in [-0.25, -0.2) is 0 Å². The molecule has 1 unspecified atom stereocenters. The maximum Gasteiger partial charge on any atom is 0.0376 e. The Bertz CT molecular complexity index is 449. The third-order valence-electron chi connectivity index (χ3n) is 5.15. The first-order chi connectivity index (χ1) is 10.2. The van der Waals surface area contributed by atoms with E-state index in [9.17, 15) is 0 Å². The third kappa shape index (κ3) is 3.60. The molecular weight excluding hydrogens is 256 g/mol. The highest BCUT2D eigenvalue weighted by molar-refractivity contribution is 5.57. The van der Waals surface area contributed by atoms with Crippen molar-refractivity contribution in [2.24, 2.45) is 5.92 Å². The van der Waals surface area contributed by atoms with E-state index in [4.69, 9.17) is 0 Å². The molecule has 1 heterocycles. The fourth-order valence-corrected chi connectivity index (χ4v) is 4.10. The molecule has 0 amide bonds. The summed E-state index contributed by atoms with van der Waals surface area (Å²) in [5.41, 5.74) is 2.90. The predicted molar refractivity (Wildman–Crippen MR) is 91.0 cm³/mol. The summed E-state index contributed by atoms with van der Waals surface area (Å²) in [6.45, 7) is 8.37. The van der Waals surface area contributed by atoms with E-state index in [1.54, 1.807) is 0 Å². The summed E-state index contributed by atoms with van der Waals surface area (Å²) < 4.78 is 0. The minimum atomic E-state index is 0.706. The molecule has 1 aromatic rings. The molecule has 0 aromatic heterocycles. The molecule has 2 heteroatoms. The lowest BCUT2D eigenvalue weighted by atomic mass is 9.97. The number of hydrogen-bond donors (Lipinski definition) is 1. The van der Waals surface area contributed by atoms with Crippen molar-refractivity contribution in [2.45, 2.75) is 57.9 Å². The topological polar surface area (TPSA) is 15.3 Å². The predicted octanol–water partition coefficient (Wildman–Crippen LogP) is 4.49. The van der Waals surface area contributed by atoms with Gasteiger partial charge in [0.25, 0.3) is 0 Å². The van der Waals surface area contributed by atoms with Crippen LogP contribution >= 0.6 is 0 Å². The van der Waals surface area contributed by atoms with Crippen molar-refractivity contribution in [2.75, 3.05) is 25.0 Å². The van der Waals surface area contributed by atoms with Crippen LogP contribution in [0.4, 0.5) is 5.69 Å². The van der Waals surface area contributed by atoms with Gasteiger partial charge in [-0.1, -0.05) is 44.9 Å². The number of hydrogen-bond acceptors (Lipinski definition) is 2. The van der Waals surface area contributed by atoms with Crippen molar-refractivity contribution in [3.63, 3.8) is 0 Å². The number of rotatable bonds is 6. The van der Waals surface area contributed by atoms with Crippen molar-refractivity contribution in [1.29, 1.82) is 0 Å². The van der Waals surface area contributed by atoms with Crippen LogP contribution in [-0.2, 0) is 0 Å². The van der Waals surface area contributed by atoms with Crippen LogP contribution in [0.3, 0.4) is 0 Å². The molecule has 21 heavy (non-hydrogen) atoms. The molecule has 3 rings (SSSR count). The van der Waals surface area contributed by atoms with Crippen LogP contribution in [0.25, 0.3) is 0 Å². The van der Waals surface area contributed by atoms with E-state index in [0.717, 1.165) is 18.5 Å². The summed E-state index contributed by atoms with van der Waals surface area (Å²) in [6.07, 6.45) is 7.02. The van der Waals surface area contributed by atoms with Crippen LogP contribution in [0.2, 0.25) is 0 Å². The van der Waals surface area contributed by atoms with Gasteiger partial charge in [0.05, 0.1) is 0 Å². The first-order valence-electron chi connectivity index (χ1n) is 8.81. The van der Waals surface area contributed by atoms with Crippen LogP contribution in [-0.4, -0.2) is 30.6 Å². The Morgan fingerprint density at radius 1 is 1.19 bits per heavy atom. The van der Waals surface area contributed by atoms with Crippen LogP contribution in [0.1, 0.15) is 57.4 Å². The molecule has 1 aliphatic heterocycles. The molecular formula is C19H30N2. The molecule has 0 bridgehead atoms. The van der Waals surface area contributed by atoms with Crippen molar-refractivity contribution in [1.82, 2.24) is 4.90 Å². The van der Waals surface area contributed by atoms with E-state index >= 15 is 0 Å². The summed E-state index contributed by atoms with van der Waals surface area (Å²) in [5.74, 6) is 1.48. The standard InChI is InChI=1S/C19H30N2/c1-15(2)14-21(17-7-3-4-8-17)12-11-16-13-20-19-10-6-5-9-18(16)19/h5-6,9-10,15-17,20H,3-4,7-8,11-14H2,1-2H3. The van der Waals surface area contributed by atoms with Crippen molar-refractivity contribution >= 4 is 5.69 Å². The Labute approximate surface area is 129 Å². The Balaban J connectivity index is 1.59. The van der Waals surface area contributed by atoms with Crippen LogP contribution in [0, 0.1) is 5.92 Å². The van der Waals surface area contributed by atoms with Gasteiger partial charge in [-0.15, -0.1) is 0 Å². The lowest BCUT2D eigenvalue weighted by Crippen LogP contribution is -2.37. The van der Waals surface area contributed by atoms with Crippen molar-refractivity contribution in [3.05, 3.63) is 29.8 Å². The molecule has 1 aliphatic carbocycles. The van der Waals surface area contributed by atoms with Crippen LogP contribution in [0.15, 0.2) is 24.3 Å². The molecule has 0 saturated heterocycles. The third-order valence-corrected chi connectivity index (χ3v) is 5.15. The monoisotopic (exact) mass is 286 g/mol. The van der Waals surface area contributed by atoms with Gasteiger partial charge in [-0.05, 0) is 43.4 Å². The first-order valence-corrected chi connectivity index (χ1v) is 8.81. The van der Waals surface area contributed by atoms with Gasteiger partial charge < -0.3 is 10.2 Å². The fraction of sp³-hybridized carbons (Fsp3) is 0.684. The van der Waals surface area contributed by atoms with E-state index in [1.165, 1.54) is 56.4 Å². The van der Waals surface area contributed by atoms with Gasteiger partial charge in [-0.2, -0.15) is 0 Å². The molecule has 1 N–H and O–H groups in total. The second-order valence-corrected chi connectivity index (χ2v) is 7.28. The van der Waals surface area contributed by atoms with Gasteiger partial charge in [0.2, 0.25) is 0 Å². The fourth-order valence-electron chi connectivity index (χ4n) is 4.10. The molecule has 2 aliphatic rings. The number of nitrogens with one attached hydrogen (secondary N) is 1. The summed E-state index contributed by atoms with van der Waals surface area (Å²) >= 11 is 0. The molecule has 2 nitrogen and oxygen atoms in total. The summed E-state index contributed by atoms with van der Waals surface area (Å²) in [5, 5.41) is 3.57.